The van der Waals surface area contributed by atoms with E-state index < -0.39 is 17.6 Å². The number of hydrogen-bond donors (Lipinski definition) is 2. The standard InChI is InChI=1S/C25H22F2N2O4/c1-32-15-9-19(26)24(20(27)10-15)18-4-2-3-17-16(18)5-6-21(17)29-14-8-22-25(28-11-14)13(12-33-22)7-23(30)31/h2-4,8-11,13,21,29H,5-7,12H2,1H3,(H,30,31)/t13?,21-/m1/s1. The molecule has 0 fully saturated rings. The molecule has 0 spiro atoms. The van der Waals surface area contributed by atoms with Crippen molar-refractivity contribution < 1.29 is 28.2 Å². The Hall–Kier alpha value is -3.68. The molecule has 3 aromatic rings. The van der Waals surface area contributed by atoms with Crippen LogP contribution in [0.25, 0.3) is 11.1 Å². The van der Waals surface area contributed by atoms with E-state index in [1.807, 2.05) is 12.1 Å². The lowest BCUT2D eigenvalue weighted by Gasteiger charge is -2.17. The highest BCUT2D eigenvalue weighted by Gasteiger charge is 2.30. The van der Waals surface area contributed by atoms with Crippen LogP contribution in [0, 0.1) is 11.6 Å². The van der Waals surface area contributed by atoms with Gasteiger partial charge in [-0.05, 0) is 29.5 Å². The zero-order chi connectivity index (χ0) is 23.1. The van der Waals surface area contributed by atoms with Crippen LogP contribution >= 0.6 is 0 Å². The van der Waals surface area contributed by atoms with E-state index in [0.717, 1.165) is 23.2 Å². The topological polar surface area (TPSA) is 80.7 Å². The number of carboxylic acid groups (broad SMARTS) is 1. The molecule has 1 unspecified atom stereocenters. The molecule has 33 heavy (non-hydrogen) atoms. The maximum absolute atomic E-state index is 14.7. The van der Waals surface area contributed by atoms with E-state index in [4.69, 9.17) is 14.6 Å². The van der Waals surface area contributed by atoms with Gasteiger partial charge in [-0.25, -0.2) is 8.78 Å². The molecule has 2 N–H and O–H groups in total. The van der Waals surface area contributed by atoms with Gasteiger partial charge in [-0.1, -0.05) is 18.2 Å². The predicted molar refractivity (Wildman–Crippen MR) is 118 cm³/mol. The van der Waals surface area contributed by atoms with Crippen molar-refractivity contribution in [3.05, 3.63) is 71.1 Å². The van der Waals surface area contributed by atoms with Gasteiger partial charge < -0.3 is 19.9 Å². The molecule has 2 aliphatic rings. The molecule has 1 aliphatic heterocycles. The van der Waals surface area contributed by atoms with E-state index in [-0.39, 0.29) is 29.7 Å². The van der Waals surface area contributed by atoms with Crippen molar-refractivity contribution in [3.8, 4) is 22.6 Å². The number of nitrogens with one attached hydrogen (secondary N) is 1. The lowest BCUT2D eigenvalue weighted by atomic mass is 9.95. The average molecular weight is 452 g/mol. The Morgan fingerprint density at radius 3 is 2.79 bits per heavy atom. The normalized spacial score (nSPS) is 18.4. The third kappa shape index (κ3) is 3.86. The first-order valence-corrected chi connectivity index (χ1v) is 10.7. The van der Waals surface area contributed by atoms with Crippen LogP contribution in [-0.2, 0) is 11.2 Å². The number of fused-ring (bicyclic) bond motifs is 2. The van der Waals surface area contributed by atoms with Gasteiger partial charge in [0.15, 0.2) is 0 Å². The zero-order valence-electron chi connectivity index (χ0n) is 17.9. The lowest BCUT2D eigenvalue weighted by molar-refractivity contribution is -0.137. The second-order valence-corrected chi connectivity index (χ2v) is 8.29. The molecular formula is C25H22F2N2O4. The molecule has 1 aliphatic carbocycles. The summed E-state index contributed by atoms with van der Waals surface area (Å²) in [7, 11) is 1.37. The minimum atomic E-state index is -0.886. The van der Waals surface area contributed by atoms with Crippen molar-refractivity contribution in [2.75, 3.05) is 19.0 Å². The third-order valence-electron chi connectivity index (χ3n) is 6.26. The number of halogens is 2. The Morgan fingerprint density at radius 2 is 2.06 bits per heavy atom. The molecule has 170 valence electrons. The fourth-order valence-corrected chi connectivity index (χ4v) is 4.76. The molecule has 2 heterocycles. The molecule has 6 nitrogen and oxygen atoms in total. The van der Waals surface area contributed by atoms with Gasteiger partial charge >= 0.3 is 5.97 Å². The first-order chi connectivity index (χ1) is 15.9. The molecule has 2 aromatic carbocycles. The number of methoxy groups -OCH3 is 1. The molecule has 8 heteroatoms. The summed E-state index contributed by atoms with van der Waals surface area (Å²) in [5.41, 5.74) is 3.78. The fourth-order valence-electron chi connectivity index (χ4n) is 4.76. The van der Waals surface area contributed by atoms with Crippen LogP contribution in [-0.4, -0.2) is 29.8 Å². The minimum absolute atomic E-state index is 0.0238. The van der Waals surface area contributed by atoms with E-state index in [0.29, 0.717) is 30.0 Å². The van der Waals surface area contributed by atoms with Crippen LogP contribution in [0.1, 0.15) is 41.6 Å². The van der Waals surface area contributed by atoms with Gasteiger partial charge in [0.1, 0.15) is 23.1 Å². The number of hydrogen-bond acceptors (Lipinski definition) is 5. The summed E-state index contributed by atoms with van der Waals surface area (Å²) in [6.07, 6.45) is 3.08. The Kier molecular flexibility index (Phi) is 5.36. The van der Waals surface area contributed by atoms with E-state index >= 15 is 0 Å². The van der Waals surface area contributed by atoms with Crippen LogP contribution in [0.15, 0.2) is 42.6 Å². The number of nitrogens with zero attached hydrogens (tertiary/aromatic N) is 1. The Labute approximate surface area is 189 Å². The second kappa shape index (κ2) is 8.35. The van der Waals surface area contributed by atoms with Gasteiger partial charge in [-0.3, -0.25) is 9.78 Å². The maximum Gasteiger partial charge on any atom is 0.304 e. The quantitative estimate of drug-likeness (QED) is 0.543. The Balaban J connectivity index is 1.42. The smallest absolute Gasteiger partial charge is 0.304 e. The molecule has 0 saturated carbocycles. The molecular weight excluding hydrogens is 430 g/mol. The number of anilines is 1. The number of rotatable bonds is 6. The summed E-state index contributed by atoms with van der Waals surface area (Å²) in [4.78, 5) is 15.5. The van der Waals surface area contributed by atoms with E-state index in [9.17, 15) is 13.6 Å². The summed E-state index contributed by atoms with van der Waals surface area (Å²) in [5, 5.41) is 12.5. The largest absolute Gasteiger partial charge is 0.497 e. The van der Waals surface area contributed by atoms with Crippen LogP contribution in [0.4, 0.5) is 14.5 Å². The number of carbonyl (C=O) groups is 1. The first kappa shape index (κ1) is 21.2. The lowest BCUT2D eigenvalue weighted by Crippen LogP contribution is -2.09. The van der Waals surface area contributed by atoms with Gasteiger partial charge in [-0.2, -0.15) is 0 Å². The SMILES string of the molecule is COc1cc(F)c(-c2cccc3c2CC[C@H]3Nc2cnc3c(c2)OCC3CC(=O)O)c(F)c1. The highest BCUT2D eigenvalue weighted by Crippen LogP contribution is 2.42. The van der Waals surface area contributed by atoms with Crippen LogP contribution in [0.3, 0.4) is 0 Å². The third-order valence-corrected chi connectivity index (χ3v) is 6.26. The summed E-state index contributed by atoms with van der Waals surface area (Å²) in [6, 6.07) is 9.66. The summed E-state index contributed by atoms with van der Waals surface area (Å²) in [5.74, 6) is -1.74. The molecule has 0 saturated heterocycles. The van der Waals surface area contributed by atoms with E-state index in [1.165, 1.54) is 19.2 Å². The number of benzene rings is 2. The number of aliphatic carboxylic acids is 1. The average Bonchev–Trinajstić information content (AvgIpc) is 3.37. The van der Waals surface area contributed by atoms with Gasteiger partial charge in [0.05, 0.1) is 49.3 Å². The molecule has 0 amide bonds. The van der Waals surface area contributed by atoms with Crippen molar-refractivity contribution in [2.45, 2.75) is 31.2 Å². The zero-order valence-corrected chi connectivity index (χ0v) is 17.9. The first-order valence-electron chi connectivity index (χ1n) is 10.7. The molecule has 5 rings (SSSR count). The Morgan fingerprint density at radius 1 is 1.27 bits per heavy atom. The Bertz CT molecular complexity index is 1220. The number of pyridine rings is 1. The van der Waals surface area contributed by atoms with Gasteiger partial charge in [-0.15, -0.1) is 0 Å². The number of ether oxygens (including phenoxy) is 2. The molecule has 0 bridgehead atoms. The van der Waals surface area contributed by atoms with Gasteiger partial charge in [0, 0.05) is 24.1 Å². The van der Waals surface area contributed by atoms with Crippen LogP contribution in [0.5, 0.6) is 11.5 Å². The minimum Gasteiger partial charge on any atom is -0.497 e. The monoisotopic (exact) mass is 452 g/mol. The fraction of sp³-hybridized carbons (Fsp3) is 0.280. The summed E-state index contributed by atoms with van der Waals surface area (Å²) < 4.78 is 40.1. The van der Waals surface area contributed by atoms with Crippen LogP contribution in [0.2, 0.25) is 0 Å². The molecule has 1 aromatic heterocycles. The highest BCUT2D eigenvalue weighted by atomic mass is 19.1. The van der Waals surface area contributed by atoms with E-state index in [2.05, 4.69) is 10.3 Å². The van der Waals surface area contributed by atoms with Crippen molar-refractivity contribution in [3.63, 3.8) is 0 Å². The van der Waals surface area contributed by atoms with Crippen molar-refractivity contribution in [1.82, 2.24) is 4.98 Å². The molecule has 2 atom stereocenters. The summed E-state index contributed by atoms with van der Waals surface area (Å²) >= 11 is 0. The molecule has 0 radical (unpaired) electrons. The van der Waals surface area contributed by atoms with Gasteiger partial charge in [0.25, 0.3) is 0 Å². The van der Waals surface area contributed by atoms with Crippen molar-refractivity contribution in [1.29, 1.82) is 0 Å². The summed E-state index contributed by atoms with van der Waals surface area (Å²) in [6.45, 7) is 0.298. The maximum atomic E-state index is 14.7. The highest BCUT2D eigenvalue weighted by molar-refractivity contribution is 5.72. The van der Waals surface area contributed by atoms with Crippen molar-refractivity contribution in [2.24, 2.45) is 0 Å². The van der Waals surface area contributed by atoms with E-state index in [1.54, 1.807) is 18.3 Å². The number of carboxylic acids is 1. The van der Waals surface area contributed by atoms with Crippen LogP contribution < -0.4 is 14.8 Å². The van der Waals surface area contributed by atoms with Crippen molar-refractivity contribution >= 4 is 11.7 Å². The second-order valence-electron chi connectivity index (χ2n) is 8.29. The number of aromatic nitrogens is 1. The predicted octanol–water partition coefficient (Wildman–Crippen LogP) is 5.09. The van der Waals surface area contributed by atoms with Gasteiger partial charge in [0.2, 0.25) is 0 Å².